The van der Waals surface area contributed by atoms with Gasteiger partial charge in [-0.2, -0.15) is 0 Å². The molecule has 0 aromatic rings. The van der Waals surface area contributed by atoms with Gasteiger partial charge in [0, 0.05) is 6.42 Å². The van der Waals surface area contributed by atoms with E-state index in [1.807, 2.05) is 13.8 Å². The van der Waals surface area contributed by atoms with E-state index in [9.17, 15) is 5.11 Å². The topological polar surface area (TPSA) is 40.5 Å². The normalized spacial score (nSPS) is 41.1. The summed E-state index contributed by atoms with van der Waals surface area (Å²) < 4.78 is 0. The first-order valence-corrected chi connectivity index (χ1v) is 3.69. The van der Waals surface area contributed by atoms with Crippen molar-refractivity contribution in [1.82, 2.24) is 0 Å². The highest BCUT2D eigenvalue weighted by molar-refractivity contribution is 5.04. The van der Waals surface area contributed by atoms with E-state index in [4.69, 9.17) is 5.11 Å². The van der Waals surface area contributed by atoms with Crippen LogP contribution in [0.5, 0.6) is 0 Å². The Kier molecular flexibility index (Phi) is 2.00. The second kappa shape index (κ2) is 2.62. The summed E-state index contributed by atoms with van der Waals surface area (Å²) in [4.78, 5) is 0. The molecule has 58 valence electrons. The van der Waals surface area contributed by atoms with Gasteiger partial charge in [-0.3, -0.25) is 0 Å². The molecule has 0 amide bonds. The third-order valence-electron chi connectivity index (χ3n) is 2.33. The molecule has 2 N–H and O–H groups in total. The maximum atomic E-state index is 9.28. The van der Waals surface area contributed by atoms with Crippen LogP contribution in [0.4, 0.5) is 0 Å². The van der Waals surface area contributed by atoms with Gasteiger partial charge in [-0.25, -0.2) is 0 Å². The van der Waals surface area contributed by atoms with Gasteiger partial charge in [-0.05, 0) is 17.9 Å². The van der Waals surface area contributed by atoms with E-state index in [1.54, 1.807) is 0 Å². The van der Waals surface area contributed by atoms with E-state index in [0.717, 1.165) is 0 Å². The van der Waals surface area contributed by atoms with Crippen LogP contribution in [0.1, 0.15) is 20.3 Å². The minimum absolute atomic E-state index is 0.274. The van der Waals surface area contributed by atoms with Crippen LogP contribution in [0.15, 0.2) is 11.8 Å². The molecule has 0 fully saturated rings. The van der Waals surface area contributed by atoms with E-state index in [2.05, 4.69) is 0 Å². The molecule has 0 aliphatic heterocycles. The molecule has 1 rings (SSSR count). The molecule has 0 heterocycles. The maximum Gasteiger partial charge on any atom is 0.0911 e. The van der Waals surface area contributed by atoms with Crippen LogP contribution in [0.25, 0.3) is 0 Å². The molecule has 0 bridgehead atoms. The van der Waals surface area contributed by atoms with Gasteiger partial charge in [0.2, 0.25) is 0 Å². The lowest BCUT2D eigenvalue weighted by Gasteiger charge is -2.27. The lowest BCUT2D eigenvalue weighted by atomic mass is 9.83. The molecular formula is C8H14O2. The summed E-state index contributed by atoms with van der Waals surface area (Å²) in [5.41, 5.74) is 0. The van der Waals surface area contributed by atoms with Gasteiger partial charge < -0.3 is 10.2 Å². The van der Waals surface area contributed by atoms with Crippen molar-refractivity contribution in [1.29, 1.82) is 0 Å². The van der Waals surface area contributed by atoms with Gasteiger partial charge in [-0.1, -0.05) is 13.8 Å². The molecule has 1 aliphatic rings. The van der Waals surface area contributed by atoms with Crippen LogP contribution in [-0.4, -0.2) is 16.3 Å². The van der Waals surface area contributed by atoms with Gasteiger partial charge in [-0.15, -0.1) is 0 Å². The Morgan fingerprint density at radius 1 is 1.50 bits per heavy atom. The van der Waals surface area contributed by atoms with Gasteiger partial charge >= 0.3 is 0 Å². The predicted octanol–water partition coefficient (Wildman–Crippen LogP) is 1.47. The molecule has 0 aromatic carbocycles. The fraction of sp³-hybridized carbons (Fsp3) is 0.750. The molecule has 0 saturated carbocycles. The number of aliphatic hydroxyl groups excluding tert-OH is 2. The summed E-state index contributed by atoms with van der Waals surface area (Å²) in [7, 11) is 0. The summed E-state index contributed by atoms with van der Waals surface area (Å²) in [6.45, 7) is 4.04. The zero-order chi connectivity index (χ0) is 7.72. The minimum Gasteiger partial charge on any atom is -0.513 e. The summed E-state index contributed by atoms with van der Waals surface area (Å²) >= 11 is 0. The molecule has 10 heavy (non-hydrogen) atoms. The third-order valence-corrected chi connectivity index (χ3v) is 2.33. The number of aliphatic hydroxyl groups is 2. The maximum absolute atomic E-state index is 9.28. The predicted molar refractivity (Wildman–Crippen MR) is 39.7 cm³/mol. The average molecular weight is 142 g/mol. The Bertz CT molecular complexity index is 151. The molecule has 0 radical (unpaired) electrons. The SMILES string of the molecule is C[C@H]1[C@H](O)C=C(O)C[C@H]1C. The van der Waals surface area contributed by atoms with Gasteiger partial charge in [0.25, 0.3) is 0 Å². The first kappa shape index (κ1) is 7.61. The number of allylic oxidation sites excluding steroid dienone is 1. The largest absolute Gasteiger partial charge is 0.513 e. The summed E-state index contributed by atoms with van der Waals surface area (Å²) in [5.74, 6) is 0.994. The van der Waals surface area contributed by atoms with Crippen LogP contribution in [0, 0.1) is 11.8 Å². The molecule has 2 nitrogen and oxygen atoms in total. The van der Waals surface area contributed by atoms with Crippen LogP contribution in [0.2, 0.25) is 0 Å². The Labute approximate surface area is 61.2 Å². The van der Waals surface area contributed by atoms with Crippen molar-refractivity contribution in [2.24, 2.45) is 11.8 Å². The lowest BCUT2D eigenvalue weighted by molar-refractivity contribution is 0.104. The van der Waals surface area contributed by atoms with Crippen molar-refractivity contribution < 1.29 is 10.2 Å². The third kappa shape index (κ3) is 1.32. The van der Waals surface area contributed by atoms with Crippen LogP contribution < -0.4 is 0 Å². The first-order valence-electron chi connectivity index (χ1n) is 3.69. The number of hydrogen-bond acceptors (Lipinski definition) is 2. The molecule has 1 aliphatic carbocycles. The van der Waals surface area contributed by atoms with E-state index < -0.39 is 6.10 Å². The summed E-state index contributed by atoms with van der Waals surface area (Å²) in [6, 6.07) is 0. The Morgan fingerprint density at radius 2 is 2.10 bits per heavy atom. The fourth-order valence-electron chi connectivity index (χ4n) is 1.27. The van der Waals surface area contributed by atoms with E-state index in [-0.39, 0.29) is 5.92 Å². The monoisotopic (exact) mass is 142 g/mol. The smallest absolute Gasteiger partial charge is 0.0911 e. The Hall–Kier alpha value is -0.500. The fourth-order valence-corrected chi connectivity index (χ4v) is 1.27. The zero-order valence-corrected chi connectivity index (χ0v) is 6.41. The van der Waals surface area contributed by atoms with Crippen LogP contribution >= 0.6 is 0 Å². The van der Waals surface area contributed by atoms with Crippen LogP contribution in [0.3, 0.4) is 0 Å². The van der Waals surface area contributed by atoms with Crippen molar-refractivity contribution in [3.05, 3.63) is 11.8 Å². The molecule has 3 atom stereocenters. The van der Waals surface area contributed by atoms with E-state index in [0.29, 0.717) is 18.1 Å². The second-order valence-electron chi connectivity index (χ2n) is 3.19. The highest BCUT2D eigenvalue weighted by Gasteiger charge is 2.24. The van der Waals surface area contributed by atoms with Crippen molar-refractivity contribution in [2.75, 3.05) is 0 Å². The summed E-state index contributed by atoms with van der Waals surface area (Å²) in [5, 5.41) is 18.4. The Morgan fingerprint density at radius 3 is 2.60 bits per heavy atom. The van der Waals surface area contributed by atoms with Gasteiger partial charge in [0.05, 0.1) is 11.9 Å². The van der Waals surface area contributed by atoms with E-state index >= 15 is 0 Å². The highest BCUT2D eigenvalue weighted by Crippen LogP contribution is 2.27. The van der Waals surface area contributed by atoms with Crippen molar-refractivity contribution in [3.63, 3.8) is 0 Å². The standard InChI is InChI=1S/C8H14O2/c1-5-3-7(9)4-8(10)6(5)2/h4-6,8-10H,3H2,1-2H3/t5-,6-,8-/m1/s1. The Balaban J connectivity index is 2.69. The highest BCUT2D eigenvalue weighted by atomic mass is 16.3. The zero-order valence-electron chi connectivity index (χ0n) is 6.41. The molecular weight excluding hydrogens is 128 g/mol. The lowest BCUT2D eigenvalue weighted by Crippen LogP contribution is -2.26. The van der Waals surface area contributed by atoms with Gasteiger partial charge in [0.1, 0.15) is 0 Å². The molecule has 0 aromatic heterocycles. The molecule has 0 unspecified atom stereocenters. The minimum atomic E-state index is -0.455. The van der Waals surface area contributed by atoms with Gasteiger partial charge in [0.15, 0.2) is 0 Å². The number of rotatable bonds is 0. The first-order chi connectivity index (χ1) is 4.61. The molecule has 0 spiro atoms. The second-order valence-corrected chi connectivity index (χ2v) is 3.19. The molecule has 0 saturated heterocycles. The van der Waals surface area contributed by atoms with Crippen LogP contribution in [-0.2, 0) is 0 Å². The van der Waals surface area contributed by atoms with Crippen molar-refractivity contribution in [3.8, 4) is 0 Å². The average Bonchev–Trinajstić information content (AvgIpc) is 1.82. The number of hydrogen-bond donors (Lipinski definition) is 2. The van der Waals surface area contributed by atoms with E-state index in [1.165, 1.54) is 6.08 Å². The molecule has 2 heteroatoms. The van der Waals surface area contributed by atoms with Crippen molar-refractivity contribution >= 4 is 0 Å². The summed E-state index contributed by atoms with van der Waals surface area (Å²) in [6.07, 6.45) is 1.78. The van der Waals surface area contributed by atoms with Crippen molar-refractivity contribution in [2.45, 2.75) is 26.4 Å². The quantitative estimate of drug-likeness (QED) is 0.537.